The number of methoxy groups -OCH3 is 1. The lowest BCUT2D eigenvalue weighted by Crippen LogP contribution is -2.43. The first-order valence-electron chi connectivity index (χ1n) is 7.68. The van der Waals surface area contributed by atoms with E-state index in [0.29, 0.717) is 12.1 Å². The summed E-state index contributed by atoms with van der Waals surface area (Å²) >= 11 is 0. The van der Waals surface area contributed by atoms with Crippen LogP contribution < -0.4 is 4.74 Å². The van der Waals surface area contributed by atoms with E-state index in [2.05, 4.69) is 36.7 Å². The van der Waals surface area contributed by atoms with Crippen LogP contribution in [0.1, 0.15) is 44.2 Å². The number of hydrogen-bond acceptors (Lipinski definition) is 3. The van der Waals surface area contributed by atoms with Gasteiger partial charge in [0, 0.05) is 24.2 Å². The van der Waals surface area contributed by atoms with Crippen molar-refractivity contribution in [1.29, 1.82) is 0 Å². The number of aliphatic hydroxyl groups is 1. The molecule has 0 aliphatic carbocycles. The van der Waals surface area contributed by atoms with Gasteiger partial charge < -0.3 is 9.84 Å². The smallest absolute Gasteiger partial charge is 0.119 e. The van der Waals surface area contributed by atoms with Gasteiger partial charge in [0.15, 0.2) is 0 Å². The van der Waals surface area contributed by atoms with Gasteiger partial charge in [-0.25, -0.2) is 0 Å². The second-order valence-corrected chi connectivity index (χ2v) is 5.78. The van der Waals surface area contributed by atoms with Crippen molar-refractivity contribution < 1.29 is 9.84 Å². The zero-order valence-electron chi connectivity index (χ0n) is 13.2. The first-order valence-corrected chi connectivity index (χ1v) is 7.68. The number of hydrogen-bond donors (Lipinski definition) is 1. The summed E-state index contributed by atoms with van der Waals surface area (Å²) in [6.45, 7) is 5.38. The SMILES string of the molecule is COc1ccc(C#CCO)c(CN2C(C)CCCC2C)c1. The summed E-state index contributed by atoms with van der Waals surface area (Å²) in [5.74, 6) is 6.66. The molecule has 1 saturated heterocycles. The van der Waals surface area contributed by atoms with Gasteiger partial charge in [-0.2, -0.15) is 0 Å². The van der Waals surface area contributed by atoms with Gasteiger partial charge >= 0.3 is 0 Å². The van der Waals surface area contributed by atoms with Gasteiger partial charge in [-0.1, -0.05) is 18.3 Å². The van der Waals surface area contributed by atoms with Gasteiger partial charge in [0.1, 0.15) is 12.4 Å². The molecular formula is C18H25NO2. The zero-order valence-corrected chi connectivity index (χ0v) is 13.2. The normalized spacial score (nSPS) is 22.5. The van der Waals surface area contributed by atoms with E-state index in [4.69, 9.17) is 9.84 Å². The number of rotatable bonds is 3. The Bertz CT molecular complexity index is 520. The number of piperidine rings is 1. The van der Waals surface area contributed by atoms with Crippen molar-refractivity contribution >= 4 is 0 Å². The molecule has 2 atom stereocenters. The maximum absolute atomic E-state index is 8.92. The van der Waals surface area contributed by atoms with Crippen molar-refractivity contribution in [2.75, 3.05) is 13.7 Å². The number of aliphatic hydroxyl groups excluding tert-OH is 1. The standard InChI is InChI=1S/C18H25NO2/c1-14-6-4-7-15(2)19(14)13-17-12-18(21-3)10-9-16(17)8-5-11-20/h9-10,12,14-15,20H,4,6-7,11,13H2,1-3H3. The highest BCUT2D eigenvalue weighted by Gasteiger charge is 2.25. The predicted octanol–water partition coefficient (Wildman–Crippen LogP) is 2.80. The Morgan fingerprint density at radius 3 is 2.62 bits per heavy atom. The second kappa shape index (κ2) is 7.49. The lowest BCUT2D eigenvalue weighted by Gasteiger charge is -2.39. The Labute approximate surface area is 127 Å². The van der Waals surface area contributed by atoms with E-state index in [1.54, 1.807) is 7.11 Å². The van der Waals surface area contributed by atoms with Gasteiger partial charge in [0.2, 0.25) is 0 Å². The third kappa shape index (κ3) is 4.00. The Kier molecular flexibility index (Phi) is 5.67. The highest BCUT2D eigenvalue weighted by molar-refractivity contribution is 5.45. The summed E-state index contributed by atoms with van der Waals surface area (Å²) < 4.78 is 5.34. The van der Waals surface area contributed by atoms with Crippen molar-refractivity contribution in [2.45, 2.75) is 51.7 Å². The minimum Gasteiger partial charge on any atom is -0.497 e. The van der Waals surface area contributed by atoms with Crippen LogP contribution in [0.3, 0.4) is 0 Å². The fraction of sp³-hybridized carbons (Fsp3) is 0.556. The molecule has 0 spiro atoms. The number of ether oxygens (including phenoxy) is 1. The fourth-order valence-corrected chi connectivity index (χ4v) is 3.07. The molecule has 0 bridgehead atoms. The van der Waals surface area contributed by atoms with Crippen LogP contribution >= 0.6 is 0 Å². The van der Waals surface area contributed by atoms with E-state index < -0.39 is 0 Å². The highest BCUT2D eigenvalue weighted by Crippen LogP contribution is 2.27. The van der Waals surface area contributed by atoms with Crippen LogP contribution in [0.15, 0.2) is 18.2 Å². The first kappa shape index (κ1) is 15.9. The molecule has 2 unspecified atom stereocenters. The monoisotopic (exact) mass is 287 g/mol. The molecule has 0 aromatic heterocycles. The molecule has 21 heavy (non-hydrogen) atoms. The summed E-state index contributed by atoms with van der Waals surface area (Å²) in [6, 6.07) is 7.16. The molecule has 1 aliphatic rings. The average molecular weight is 287 g/mol. The van der Waals surface area contributed by atoms with Crippen LogP contribution in [-0.2, 0) is 6.54 Å². The second-order valence-electron chi connectivity index (χ2n) is 5.78. The van der Waals surface area contributed by atoms with Crippen LogP contribution in [0.25, 0.3) is 0 Å². The summed E-state index contributed by atoms with van der Waals surface area (Å²) in [7, 11) is 1.68. The van der Waals surface area contributed by atoms with Gasteiger partial charge in [0.25, 0.3) is 0 Å². The number of likely N-dealkylation sites (tertiary alicyclic amines) is 1. The fourth-order valence-electron chi connectivity index (χ4n) is 3.07. The zero-order chi connectivity index (χ0) is 15.2. The lowest BCUT2D eigenvalue weighted by molar-refractivity contribution is 0.0951. The van der Waals surface area contributed by atoms with E-state index in [1.165, 1.54) is 24.8 Å². The maximum Gasteiger partial charge on any atom is 0.119 e. The predicted molar refractivity (Wildman–Crippen MR) is 85.3 cm³/mol. The summed E-state index contributed by atoms with van der Waals surface area (Å²) in [4.78, 5) is 2.54. The van der Waals surface area contributed by atoms with Gasteiger partial charge in [-0.3, -0.25) is 4.90 Å². The minimum atomic E-state index is -0.109. The molecule has 2 rings (SSSR count). The van der Waals surface area contributed by atoms with Crippen molar-refractivity contribution in [1.82, 2.24) is 4.90 Å². The minimum absolute atomic E-state index is 0.109. The highest BCUT2D eigenvalue weighted by atomic mass is 16.5. The van der Waals surface area contributed by atoms with E-state index in [0.717, 1.165) is 17.9 Å². The van der Waals surface area contributed by atoms with Crippen LogP contribution in [0, 0.1) is 11.8 Å². The molecule has 0 saturated carbocycles. The number of nitrogens with zero attached hydrogens (tertiary/aromatic N) is 1. The van der Waals surface area contributed by atoms with Crippen molar-refractivity contribution in [3.63, 3.8) is 0 Å². The molecular weight excluding hydrogens is 262 g/mol. The Hall–Kier alpha value is -1.50. The van der Waals surface area contributed by atoms with E-state index in [1.807, 2.05) is 12.1 Å². The molecule has 1 aromatic rings. The van der Waals surface area contributed by atoms with Crippen LogP contribution in [0.2, 0.25) is 0 Å². The molecule has 1 aliphatic heterocycles. The molecule has 0 radical (unpaired) electrons. The van der Waals surface area contributed by atoms with Gasteiger partial charge in [-0.15, -0.1) is 0 Å². The largest absolute Gasteiger partial charge is 0.497 e. The van der Waals surface area contributed by atoms with Crippen molar-refractivity contribution in [3.05, 3.63) is 29.3 Å². The Morgan fingerprint density at radius 2 is 2.00 bits per heavy atom. The molecule has 114 valence electrons. The van der Waals surface area contributed by atoms with Crippen molar-refractivity contribution in [2.24, 2.45) is 0 Å². The van der Waals surface area contributed by atoms with Crippen LogP contribution in [0.4, 0.5) is 0 Å². The molecule has 1 aromatic carbocycles. The molecule has 1 fully saturated rings. The topological polar surface area (TPSA) is 32.7 Å². The first-order chi connectivity index (χ1) is 10.2. The Balaban J connectivity index is 2.27. The summed E-state index contributed by atoms with van der Waals surface area (Å²) in [5, 5.41) is 8.92. The van der Waals surface area contributed by atoms with Gasteiger partial charge in [0.05, 0.1) is 7.11 Å². The molecule has 0 amide bonds. The molecule has 3 heteroatoms. The summed E-state index contributed by atoms with van der Waals surface area (Å²) in [5.41, 5.74) is 2.16. The van der Waals surface area contributed by atoms with E-state index in [-0.39, 0.29) is 6.61 Å². The Morgan fingerprint density at radius 1 is 1.29 bits per heavy atom. The van der Waals surface area contributed by atoms with Crippen LogP contribution in [-0.4, -0.2) is 35.8 Å². The third-order valence-electron chi connectivity index (χ3n) is 4.34. The quantitative estimate of drug-likeness (QED) is 0.868. The number of benzene rings is 1. The summed E-state index contributed by atoms with van der Waals surface area (Å²) in [6.07, 6.45) is 3.83. The molecule has 1 N–H and O–H groups in total. The van der Waals surface area contributed by atoms with Crippen LogP contribution in [0.5, 0.6) is 5.75 Å². The van der Waals surface area contributed by atoms with Gasteiger partial charge in [-0.05, 0) is 50.5 Å². The molecule has 3 nitrogen and oxygen atoms in total. The van der Waals surface area contributed by atoms with E-state index >= 15 is 0 Å². The molecule has 1 heterocycles. The van der Waals surface area contributed by atoms with Crippen molar-refractivity contribution in [3.8, 4) is 17.6 Å². The lowest BCUT2D eigenvalue weighted by atomic mass is 9.96. The maximum atomic E-state index is 8.92. The third-order valence-corrected chi connectivity index (χ3v) is 4.34. The average Bonchev–Trinajstić information content (AvgIpc) is 2.49. The van der Waals surface area contributed by atoms with E-state index in [9.17, 15) is 0 Å².